The van der Waals surface area contributed by atoms with Crippen LogP contribution in [0.5, 0.6) is 0 Å². The number of hydrogen-bond donors (Lipinski definition) is 6. The van der Waals surface area contributed by atoms with Crippen molar-refractivity contribution in [1.82, 2.24) is 20.3 Å². The van der Waals surface area contributed by atoms with Gasteiger partial charge in [0, 0.05) is 21.9 Å². The number of rotatable bonds is 8. The Labute approximate surface area is 189 Å². The number of benzene rings is 1. The van der Waals surface area contributed by atoms with Crippen LogP contribution in [0.15, 0.2) is 32.8 Å². The molecule has 0 aliphatic heterocycles. The van der Waals surface area contributed by atoms with E-state index in [1.54, 1.807) is 13.0 Å². The second-order valence-electron chi connectivity index (χ2n) is 6.79. The van der Waals surface area contributed by atoms with Crippen LogP contribution in [0.1, 0.15) is 28.9 Å². The number of H-pyrrole nitrogens is 2. The Balaban J connectivity index is 1.83. The van der Waals surface area contributed by atoms with E-state index in [2.05, 4.69) is 20.3 Å². The lowest BCUT2D eigenvalue weighted by atomic mass is 10.1. The van der Waals surface area contributed by atoms with Crippen LogP contribution in [0.2, 0.25) is 5.02 Å². The summed E-state index contributed by atoms with van der Waals surface area (Å²) in [7, 11) is 0. The topological polar surface area (TPSA) is 191 Å². The van der Waals surface area contributed by atoms with E-state index < -0.39 is 35.9 Å². The van der Waals surface area contributed by atoms with Gasteiger partial charge in [-0.3, -0.25) is 19.4 Å². The van der Waals surface area contributed by atoms with Gasteiger partial charge in [-0.25, -0.2) is 4.79 Å². The molecule has 1 atom stereocenters. The average molecular weight is 480 g/mol. The number of nitrogens with one attached hydrogen (secondary N) is 3. The number of aliphatic carboxylic acids is 2. The zero-order valence-electron chi connectivity index (χ0n) is 16.6. The lowest BCUT2D eigenvalue weighted by Gasteiger charge is -2.14. The van der Waals surface area contributed by atoms with Crippen LogP contribution in [0.25, 0.3) is 11.0 Å². The molecule has 2 heterocycles. The summed E-state index contributed by atoms with van der Waals surface area (Å²) in [6.07, 6.45) is -0.681. The van der Waals surface area contributed by atoms with Crippen molar-refractivity contribution >= 4 is 58.2 Å². The normalized spacial score (nSPS) is 11.9. The largest absolute Gasteiger partial charge is 0.481 e. The number of nitrogens with two attached hydrogens (primary N) is 1. The zero-order valence-corrected chi connectivity index (χ0v) is 18.1. The average Bonchev–Trinajstić information content (AvgIpc) is 2.99. The zero-order chi connectivity index (χ0) is 23.6. The minimum atomic E-state index is -1.37. The predicted molar refractivity (Wildman–Crippen MR) is 117 cm³/mol. The van der Waals surface area contributed by atoms with Crippen molar-refractivity contribution in [3.05, 3.63) is 44.8 Å². The number of carbonyl (C=O) groups excluding carboxylic acids is 1. The van der Waals surface area contributed by atoms with Crippen molar-refractivity contribution in [2.24, 2.45) is 0 Å². The lowest BCUT2D eigenvalue weighted by molar-refractivity contribution is -0.140. The van der Waals surface area contributed by atoms with Gasteiger partial charge in [0.2, 0.25) is 5.95 Å². The molecule has 0 unspecified atom stereocenters. The molecular formula is C19H18ClN5O6S. The first-order valence-corrected chi connectivity index (χ1v) is 10.4. The standard InChI is InChI=1S/C19H18ClN5O6S/c1-7-14(13-15(22-7)24-19(21)25-17(13)29)32-8-2-3-9(10(20)6-8)16(28)23-11(18(30)31)4-5-12(26)27/h2-3,6,11H,4-5H2,1H3,(H,23,28)(H,26,27)(H,30,31)(H4,21,22,24,25,29)/t11-/m0/s1. The van der Waals surface area contributed by atoms with Crippen LogP contribution in [0, 0.1) is 6.92 Å². The molecular weight excluding hydrogens is 462 g/mol. The molecule has 0 radical (unpaired) electrons. The highest BCUT2D eigenvalue weighted by Gasteiger charge is 2.23. The number of aromatic nitrogens is 3. The van der Waals surface area contributed by atoms with Crippen LogP contribution in [0.4, 0.5) is 5.95 Å². The molecule has 0 fully saturated rings. The van der Waals surface area contributed by atoms with Crippen LogP contribution in [-0.4, -0.2) is 49.1 Å². The van der Waals surface area contributed by atoms with Gasteiger partial charge in [0.25, 0.3) is 11.5 Å². The van der Waals surface area contributed by atoms with Gasteiger partial charge in [-0.05, 0) is 31.5 Å². The number of halogens is 1. The second kappa shape index (κ2) is 9.32. The Morgan fingerprint density at radius 1 is 1.28 bits per heavy atom. The summed E-state index contributed by atoms with van der Waals surface area (Å²) in [5.74, 6) is -3.28. The number of carboxylic acid groups (broad SMARTS) is 2. The van der Waals surface area contributed by atoms with E-state index in [4.69, 9.17) is 22.4 Å². The number of amides is 1. The maximum atomic E-state index is 12.5. The highest BCUT2D eigenvalue weighted by atomic mass is 35.5. The van der Waals surface area contributed by atoms with Gasteiger partial charge in [-0.15, -0.1) is 0 Å². The number of hydrogen-bond acceptors (Lipinski definition) is 7. The van der Waals surface area contributed by atoms with E-state index in [-0.39, 0.29) is 23.0 Å². The number of fused-ring (bicyclic) bond motifs is 1. The Hall–Kier alpha value is -3.51. The fourth-order valence-electron chi connectivity index (χ4n) is 2.96. The van der Waals surface area contributed by atoms with Gasteiger partial charge in [0.1, 0.15) is 11.7 Å². The number of nitrogen functional groups attached to an aromatic ring is 1. The molecule has 13 heteroatoms. The van der Waals surface area contributed by atoms with Crippen molar-refractivity contribution in [3.8, 4) is 0 Å². The van der Waals surface area contributed by atoms with Gasteiger partial charge in [-0.2, -0.15) is 4.98 Å². The summed E-state index contributed by atoms with van der Waals surface area (Å²) in [5.41, 5.74) is 6.23. The van der Waals surface area contributed by atoms with Gasteiger partial charge >= 0.3 is 11.9 Å². The molecule has 0 bridgehead atoms. The molecule has 0 aliphatic carbocycles. The van der Waals surface area contributed by atoms with Crippen LogP contribution in [-0.2, 0) is 9.59 Å². The number of carboxylic acids is 2. The molecule has 1 aromatic carbocycles. The molecule has 168 valence electrons. The lowest BCUT2D eigenvalue weighted by Crippen LogP contribution is -2.41. The first-order valence-electron chi connectivity index (χ1n) is 9.17. The third kappa shape index (κ3) is 5.03. The first-order chi connectivity index (χ1) is 15.1. The number of nitrogens with zero attached hydrogens (tertiary/aromatic N) is 1. The van der Waals surface area contributed by atoms with Gasteiger partial charge in [0.05, 0.1) is 16.0 Å². The van der Waals surface area contributed by atoms with Gasteiger partial charge in [0.15, 0.2) is 0 Å². The van der Waals surface area contributed by atoms with Crippen LogP contribution < -0.4 is 16.6 Å². The second-order valence-corrected chi connectivity index (χ2v) is 8.29. The molecule has 2 aromatic heterocycles. The minimum absolute atomic E-state index is 0.0123. The third-order valence-electron chi connectivity index (χ3n) is 4.47. The molecule has 0 saturated carbocycles. The smallest absolute Gasteiger partial charge is 0.326 e. The minimum Gasteiger partial charge on any atom is -0.481 e. The molecule has 1 amide bonds. The third-order valence-corrected chi connectivity index (χ3v) is 5.98. The van der Waals surface area contributed by atoms with E-state index in [0.717, 1.165) is 0 Å². The number of anilines is 1. The van der Waals surface area contributed by atoms with Gasteiger partial charge < -0.3 is 26.2 Å². The SMILES string of the molecule is Cc1[nH]c2nc(N)[nH]c(=O)c2c1Sc1ccc(C(=O)N[C@@H](CCC(=O)O)C(=O)O)c(Cl)c1. The fraction of sp³-hybridized carbons (Fsp3) is 0.211. The summed E-state index contributed by atoms with van der Waals surface area (Å²) in [5, 5.41) is 20.6. The highest BCUT2D eigenvalue weighted by molar-refractivity contribution is 7.99. The summed E-state index contributed by atoms with van der Waals surface area (Å²) in [6.45, 7) is 1.77. The molecule has 7 N–H and O–H groups in total. The summed E-state index contributed by atoms with van der Waals surface area (Å²) < 4.78 is 0. The fourth-order valence-corrected chi connectivity index (χ4v) is 4.34. The van der Waals surface area contributed by atoms with E-state index in [0.29, 0.717) is 26.5 Å². The van der Waals surface area contributed by atoms with Crippen molar-refractivity contribution in [3.63, 3.8) is 0 Å². The van der Waals surface area contributed by atoms with Gasteiger partial charge in [-0.1, -0.05) is 23.4 Å². The summed E-state index contributed by atoms with van der Waals surface area (Å²) >= 11 is 7.47. The van der Waals surface area contributed by atoms with Crippen molar-refractivity contribution in [2.45, 2.75) is 35.6 Å². The maximum absolute atomic E-state index is 12.5. The Morgan fingerprint density at radius 2 is 2.00 bits per heavy atom. The number of aryl methyl sites for hydroxylation is 1. The van der Waals surface area contributed by atoms with Crippen molar-refractivity contribution in [2.75, 3.05) is 5.73 Å². The Kier molecular flexibility index (Phi) is 6.75. The molecule has 3 aromatic rings. The van der Waals surface area contributed by atoms with E-state index in [9.17, 15) is 24.3 Å². The molecule has 0 spiro atoms. The number of aromatic amines is 2. The van der Waals surface area contributed by atoms with Crippen LogP contribution in [0.3, 0.4) is 0 Å². The van der Waals surface area contributed by atoms with Crippen LogP contribution >= 0.6 is 23.4 Å². The van der Waals surface area contributed by atoms with E-state index >= 15 is 0 Å². The van der Waals surface area contributed by atoms with Crippen molar-refractivity contribution in [1.29, 1.82) is 0 Å². The van der Waals surface area contributed by atoms with E-state index in [1.165, 1.54) is 23.9 Å². The maximum Gasteiger partial charge on any atom is 0.326 e. The number of carbonyl (C=O) groups is 3. The summed E-state index contributed by atoms with van der Waals surface area (Å²) in [6, 6.07) is 3.14. The molecule has 3 rings (SSSR count). The first kappa shape index (κ1) is 23.2. The highest BCUT2D eigenvalue weighted by Crippen LogP contribution is 2.36. The van der Waals surface area contributed by atoms with Crippen molar-refractivity contribution < 1.29 is 24.6 Å². The predicted octanol–water partition coefficient (Wildman–Crippen LogP) is 1.99. The molecule has 0 saturated heterocycles. The molecule has 32 heavy (non-hydrogen) atoms. The summed E-state index contributed by atoms with van der Waals surface area (Å²) in [4.78, 5) is 57.5. The monoisotopic (exact) mass is 479 g/mol. The Morgan fingerprint density at radius 3 is 2.62 bits per heavy atom. The Bertz CT molecular complexity index is 1290. The molecule has 0 aliphatic rings. The van der Waals surface area contributed by atoms with E-state index in [1.807, 2.05) is 0 Å². The molecule has 11 nitrogen and oxygen atoms in total. The quantitative estimate of drug-likeness (QED) is 0.280.